The number of anilines is 1. The van der Waals surface area contributed by atoms with Crippen molar-refractivity contribution in [3.63, 3.8) is 0 Å². The first-order chi connectivity index (χ1) is 15.8. The van der Waals surface area contributed by atoms with Gasteiger partial charge < -0.3 is 9.47 Å². The van der Waals surface area contributed by atoms with Crippen LogP contribution >= 0.6 is 11.6 Å². The molecular formula is C27H31ClN4O. The van der Waals surface area contributed by atoms with Crippen molar-refractivity contribution in [3.05, 3.63) is 82.6 Å². The summed E-state index contributed by atoms with van der Waals surface area (Å²) in [6.45, 7) is 10.1. The van der Waals surface area contributed by atoms with E-state index < -0.39 is 0 Å². The molecule has 0 saturated carbocycles. The van der Waals surface area contributed by atoms with Crippen molar-refractivity contribution < 1.29 is 4.79 Å². The molecule has 0 aliphatic carbocycles. The fraction of sp³-hybridized carbons (Fsp3) is 0.333. The van der Waals surface area contributed by atoms with Gasteiger partial charge in [-0.25, -0.2) is 5.43 Å². The van der Waals surface area contributed by atoms with Crippen LogP contribution in [0.4, 0.5) is 5.69 Å². The van der Waals surface area contributed by atoms with Crippen molar-refractivity contribution in [2.45, 2.75) is 52.0 Å². The van der Waals surface area contributed by atoms with Crippen molar-refractivity contribution >= 4 is 29.4 Å². The fourth-order valence-corrected chi connectivity index (χ4v) is 4.99. The molecule has 1 N–H and O–H groups in total. The number of hydrazone groups is 1. The monoisotopic (exact) mass is 462 g/mol. The second-order valence-corrected chi connectivity index (χ2v) is 9.75. The summed E-state index contributed by atoms with van der Waals surface area (Å²) < 4.78 is 1.99. The summed E-state index contributed by atoms with van der Waals surface area (Å²) in [6.07, 6.45) is 7.71. The Morgan fingerprint density at radius 3 is 2.58 bits per heavy atom. The second kappa shape index (κ2) is 9.44. The Morgan fingerprint density at radius 2 is 1.91 bits per heavy atom. The fourth-order valence-electron chi connectivity index (χ4n) is 4.78. The molecule has 1 amide bonds. The molecule has 2 aromatic carbocycles. The first-order valence-electron chi connectivity index (χ1n) is 11.5. The molecule has 1 unspecified atom stereocenters. The van der Waals surface area contributed by atoms with E-state index in [0.29, 0.717) is 16.5 Å². The van der Waals surface area contributed by atoms with E-state index >= 15 is 0 Å². The molecule has 0 bridgehead atoms. The molecule has 1 aromatic heterocycles. The SMILES string of the molecule is CCCN1c2cc(Cl)c(/C=N/NC(=O)c3ccc(-n4cccc4)cc3)cc2C(C)CC1(C)C. The van der Waals surface area contributed by atoms with Crippen LogP contribution in [0.5, 0.6) is 0 Å². The van der Waals surface area contributed by atoms with Crippen molar-refractivity contribution in [1.82, 2.24) is 9.99 Å². The van der Waals surface area contributed by atoms with Gasteiger partial charge in [0.05, 0.1) is 11.2 Å². The molecule has 3 aromatic rings. The molecule has 1 atom stereocenters. The number of carbonyl (C=O) groups is 1. The van der Waals surface area contributed by atoms with Crippen LogP contribution in [0.25, 0.3) is 5.69 Å². The van der Waals surface area contributed by atoms with Crippen LogP contribution in [0.2, 0.25) is 5.02 Å². The van der Waals surface area contributed by atoms with Gasteiger partial charge in [0.25, 0.3) is 5.91 Å². The van der Waals surface area contributed by atoms with Gasteiger partial charge in [-0.3, -0.25) is 4.79 Å². The zero-order chi connectivity index (χ0) is 23.6. The first-order valence-corrected chi connectivity index (χ1v) is 11.9. The minimum atomic E-state index is -0.261. The number of hydrogen-bond donors (Lipinski definition) is 1. The highest BCUT2D eigenvalue weighted by molar-refractivity contribution is 6.33. The molecule has 0 radical (unpaired) electrons. The number of nitrogens with one attached hydrogen (secondary N) is 1. The summed E-state index contributed by atoms with van der Waals surface area (Å²) in [4.78, 5) is 15.0. The van der Waals surface area contributed by atoms with E-state index in [1.54, 1.807) is 18.3 Å². The molecular weight excluding hydrogens is 432 g/mol. The number of nitrogens with zero attached hydrogens (tertiary/aromatic N) is 3. The summed E-state index contributed by atoms with van der Waals surface area (Å²) >= 11 is 6.63. The smallest absolute Gasteiger partial charge is 0.271 e. The van der Waals surface area contributed by atoms with Gasteiger partial charge in [0.1, 0.15) is 0 Å². The van der Waals surface area contributed by atoms with Crippen LogP contribution in [0.3, 0.4) is 0 Å². The van der Waals surface area contributed by atoms with Crippen LogP contribution in [-0.2, 0) is 0 Å². The second-order valence-electron chi connectivity index (χ2n) is 9.34. The number of fused-ring (bicyclic) bond motifs is 1. The molecule has 1 aliphatic heterocycles. The number of amides is 1. The van der Waals surface area contributed by atoms with Crippen molar-refractivity contribution in [3.8, 4) is 5.69 Å². The first kappa shape index (κ1) is 23.1. The lowest BCUT2D eigenvalue weighted by molar-refractivity contribution is 0.0955. The van der Waals surface area contributed by atoms with E-state index in [0.717, 1.165) is 30.6 Å². The van der Waals surface area contributed by atoms with Crippen LogP contribution in [0.1, 0.15) is 67.9 Å². The lowest BCUT2D eigenvalue weighted by atomic mass is 9.79. The molecule has 33 heavy (non-hydrogen) atoms. The van der Waals surface area contributed by atoms with E-state index in [-0.39, 0.29) is 11.4 Å². The molecule has 172 valence electrons. The number of halogens is 1. The number of carbonyl (C=O) groups excluding carboxylic acids is 1. The molecule has 2 heterocycles. The Balaban J connectivity index is 1.49. The van der Waals surface area contributed by atoms with Gasteiger partial charge in [0.15, 0.2) is 0 Å². The molecule has 0 fully saturated rings. The lowest BCUT2D eigenvalue weighted by Gasteiger charge is -2.47. The minimum absolute atomic E-state index is 0.0895. The van der Waals surface area contributed by atoms with Gasteiger partial charge in [-0.1, -0.05) is 25.4 Å². The average Bonchev–Trinajstić information content (AvgIpc) is 3.32. The summed E-state index contributed by atoms with van der Waals surface area (Å²) in [6, 6.07) is 15.5. The maximum atomic E-state index is 12.5. The molecule has 6 heteroatoms. The quantitative estimate of drug-likeness (QED) is 0.340. The van der Waals surface area contributed by atoms with E-state index in [1.807, 2.05) is 47.3 Å². The van der Waals surface area contributed by atoms with Gasteiger partial charge in [-0.2, -0.15) is 5.10 Å². The van der Waals surface area contributed by atoms with Gasteiger partial charge >= 0.3 is 0 Å². The topological polar surface area (TPSA) is 49.6 Å². The van der Waals surface area contributed by atoms with Crippen LogP contribution < -0.4 is 10.3 Å². The van der Waals surface area contributed by atoms with Crippen molar-refractivity contribution in [1.29, 1.82) is 0 Å². The van der Waals surface area contributed by atoms with Crippen molar-refractivity contribution in [2.75, 3.05) is 11.4 Å². The highest BCUT2D eigenvalue weighted by Crippen LogP contribution is 2.45. The normalized spacial score (nSPS) is 17.2. The number of aromatic nitrogens is 1. The predicted octanol–water partition coefficient (Wildman–Crippen LogP) is 6.40. The Morgan fingerprint density at radius 1 is 1.21 bits per heavy atom. The molecule has 4 rings (SSSR count). The number of benzene rings is 2. The van der Waals surface area contributed by atoms with E-state index in [2.05, 4.69) is 49.2 Å². The van der Waals surface area contributed by atoms with Gasteiger partial charge in [0.2, 0.25) is 0 Å². The predicted molar refractivity (Wildman–Crippen MR) is 137 cm³/mol. The van der Waals surface area contributed by atoms with E-state index in [4.69, 9.17) is 11.6 Å². The summed E-state index contributed by atoms with van der Waals surface area (Å²) in [5, 5.41) is 4.81. The maximum absolute atomic E-state index is 12.5. The van der Waals surface area contributed by atoms with Crippen molar-refractivity contribution in [2.24, 2.45) is 5.10 Å². The Hall–Kier alpha value is -3.05. The van der Waals surface area contributed by atoms with Gasteiger partial charge in [-0.05, 0) is 86.7 Å². The van der Waals surface area contributed by atoms with Gasteiger partial charge in [0, 0.05) is 47.0 Å². The van der Waals surface area contributed by atoms with E-state index in [1.165, 1.54) is 11.3 Å². The average molecular weight is 463 g/mol. The molecule has 1 aliphatic rings. The van der Waals surface area contributed by atoms with E-state index in [9.17, 15) is 4.79 Å². The number of rotatable bonds is 6. The summed E-state index contributed by atoms with van der Waals surface area (Å²) in [5.74, 6) is 0.157. The van der Waals surface area contributed by atoms with Crippen LogP contribution in [0, 0.1) is 0 Å². The van der Waals surface area contributed by atoms with Gasteiger partial charge in [-0.15, -0.1) is 0 Å². The highest BCUT2D eigenvalue weighted by atomic mass is 35.5. The Labute approximate surface area is 201 Å². The Bertz CT molecular complexity index is 1150. The zero-order valence-corrected chi connectivity index (χ0v) is 20.4. The standard InChI is InChI=1S/C27H31ClN4O/c1-5-12-32-25-16-24(28)21(15-23(25)19(2)17-27(32,3)4)18-29-30-26(33)20-8-10-22(11-9-20)31-13-6-7-14-31/h6-11,13-16,18-19H,5,12,17H2,1-4H3,(H,30,33)/b29-18+. The third kappa shape index (κ3) is 4.83. The third-order valence-electron chi connectivity index (χ3n) is 6.35. The number of hydrogen-bond acceptors (Lipinski definition) is 3. The van der Waals surface area contributed by atoms with Crippen LogP contribution in [0.15, 0.2) is 66.0 Å². The Kier molecular flexibility index (Phi) is 6.61. The zero-order valence-electron chi connectivity index (χ0n) is 19.7. The highest BCUT2D eigenvalue weighted by Gasteiger charge is 2.36. The summed E-state index contributed by atoms with van der Waals surface area (Å²) in [5.41, 5.74) is 7.54. The maximum Gasteiger partial charge on any atom is 0.271 e. The third-order valence-corrected chi connectivity index (χ3v) is 6.68. The largest absolute Gasteiger partial charge is 0.366 e. The van der Waals surface area contributed by atoms with Crippen LogP contribution in [-0.4, -0.2) is 28.8 Å². The summed E-state index contributed by atoms with van der Waals surface area (Å²) in [7, 11) is 0. The molecule has 0 spiro atoms. The minimum Gasteiger partial charge on any atom is -0.366 e. The molecule has 5 nitrogen and oxygen atoms in total. The lowest BCUT2D eigenvalue weighted by Crippen LogP contribution is -2.48. The molecule has 0 saturated heterocycles.